The minimum absolute atomic E-state index is 0.0622. The first-order chi connectivity index (χ1) is 9.69. The number of hydrogen-bond acceptors (Lipinski definition) is 3. The van der Waals surface area contributed by atoms with Gasteiger partial charge in [0, 0.05) is 6.20 Å². The van der Waals surface area contributed by atoms with Crippen molar-refractivity contribution in [1.29, 1.82) is 5.26 Å². The Bertz CT molecular complexity index is 614. The van der Waals surface area contributed by atoms with Crippen molar-refractivity contribution in [3.05, 3.63) is 65.5 Å². The summed E-state index contributed by atoms with van der Waals surface area (Å²) in [6.07, 6.45) is 2.00. The summed E-state index contributed by atoms with van der Waals surface area (Å²) in [4.78, 5) is 16.2. The van der Waals surface area contributed by atoms with Gasteiger partial charge in [0.15, 0.2) is 0 Å². The third kappa shape index (κ3) is 3.66. The number of benzene rings is 1. The summed E-state index contributed by atoms with van der Waals surface area (Å²) in [5.41, 5.74) is 2.31. The summed E-state index contributed by atoms with van der Waals surface area (Å²) in [6, 6.07) is 14.6. The molecule has 0 aliphatic heterocycles. The number of hydrogen-bond donors (Lipinski definition) is 1. The van der Waals surface area contributed by atoms with Gasteiger partial charge in [-0.15, -0.1) is 0 Å². The van der Waals surface area contributed by atoms with Gasteiger partial charge in [0.2, 0.25) is 5.91 Å². The van der Waals surface area contributed by atoms with Crippen LogP contribution in [0, 0.1) is 11.3 Å². The number of carbonyl (C=O) groups excluding carboxylic acids is 1. The SMILES string of the molecule is CC(NC(=O)Cc1ccc(C#N)cc1)c1ccccn1. The average molecular weight is 265 g/mol. The molecule has 1 amide bonds. The fourth-order valence-corrected chi connectivity index (χ4v) is 1.88. The molecule has 1 aromatic carbocycles. The van der Waals surface area contributed by atoms with E-state index in [1.165, 1.54) is 0 Å². The van der Waals surface area contributed by atoms with Gasteiger partial charge >= 0.3 is 0 Å². The second-order valence-electron chi connectivity index (χ2n) is 4.53. The Morgan fingerprint density at radius 3 is 2.65 bits per heavy atom. The Morgan fingerprint density at radius 1 is 1.30 bits per heavy atom. The smallest absolute Gasteiger partial charge is 0.224 e. The van der Waals surface area contributed by atoms with E-state index in [2.05, 4.69) is 16.4 Å². The van der Waals surface area contributed by atoms with E-state index in [-0.39, 0.29) is 11.9 Å². The van der Waals surface area contributed by atoms with Crippen molar-refractivity contribution in [3.63, 3.8) is 0 Å². The maximum atomic E-state index is 11.9. The van der Waals surface area contributed by atoms with Gasteiger partial charge < -0.3 is 5.32 Å². The number of pyridine rings is 1. The molecule has 1 aromatic heterocycles. The van der Waals surface area contributed by atoms with Crippen molar-refractivity contribution in [1.82, 2.24) is 10.3 Å². The molecule has 0 spiro atoms. The van der Waals surface area contributed by atoms with Crippen LogP contribution in [0.15, 0.2) is 48.7 Å². The molecule has 0 saturated heterocycles. The summed E-state index contributed by atoms with van der Waals surface area (Å²) in [5, 5.41) is 11.6. The van der Waals surface area contributed by atoms with Crippen molar-refractivity contribution in [2.75, 3.05) is 0 Å². The molecule has 0 fully saturated rings. The van der Waals surface area contributed by atoms with E-state index in [0.29, 0.717) is 12.0 Å². The fourth-order valence-electron chi connectivity index (χ4n) is 1.88. The van der Waals surface area contributed by atoms with Crippen LogP contribution < -0.4 is 5.32 Å². The van der Waals surface area contributed by atoms with Crippen molar-refractivity contribution in [2.45, 2.75) is 19.4 Å². The van der Waals surface area contributed by atoms with E-state index in [0.717, 1.165) is 11.3 Å². The van der Waals surface area contributed by atoms with Crippen LogP contribution in [0.1, 0.15) is 29.8 Å². The largest absolute Gasteiger partial charge is 0.348 e. The summed E-state index contributed by atoms with van der Waals surface area (Å²) in [7, 11) is 0. The van der Waals surface area contributed by atoms with Gasteiger partial charge in [-0.05, 0) is 36.8 Å². The van der Waals surface area contributed by atoms with Crippen LogP contribution in [-0.2, 0) is 11.2 Å². The summed E-state index contributed by atoms with van der Waals surface area (Å²) in [6.45, 7) is 1.90. The molecule has 0 aliphatic rings. The highest BCUT2D eigenvalue weighted by molar-refractivity contribution is 5.78. The average Bonchev–Trinajstić information content (AvgIpc) is 2.49. The van der Waals surface area contributed by atoms with Gasteiger partial charge in [-0.25, -0.2) is 0 Å². The Labute approximate surface area is 118 Å². The number of nitriles is 1. The van der Waals surface area contributed by atoms with Crippen LogP contribution in [0.4, 0.5) is 0 Å². The van der Waals surface area contributed by atoms with Crippen LogP contribution >= 0.6 is 0 Å². The minimum atomic E-state index is -0.123. The molecular formula is C16H15N3O. The van der Waals surface area contributed by atoms with Crippen LogP contribution in [-0.4, -0.2) is 10.9 Å². The van der Waals surface area contributed by atoms with Crippen LogP contribution in [0.3, 0.4) is 0 Å². The molecule has 0 aliphatic carbocycles. The standard InChI is InChI=1S/C16H15N3O/c1-12(15-4-2-3-9-18-15)19-16(20)10-13-5-7-14(11-17)8-6-13/h2-9,12H,10H2,1H3,(H,19,20). The van der Waals surface area contributed by atoms with E-state index in [4.69, 9.17) is 5.26 Å². The Balaban J connectivity index is 1.93. The van der Waals surface area contributed by atoms with Crippen molar-refractivity contribution < 1.29 is 4.79 Å². The van der Waals surface area contributed by atoms with Crippen LogP contribution in [0.2, 0.25) is 0 Å². The first-order valence-electron chi connectivity index (χ1n) is 6.38. The summed E-state index contributed by atoms with van der Waals surface area (Å²) >= 11 is 0. The molecule has 1 unspecified atom stereocenters. The lowest BCUT2D eigenvalue weighted by atomic mass is 10.1. The van der Waals surface area contributed by atoms with Crippen molar-refractivity contribution in [3.8, 4) is 6.07 Å². The normalized spacial score (nSPS) is 11.4. The van der Waals surface area contributed by atoms with E-state index in [9.17, 15) is 4.79 Å². The molecule has 2 aromatic rings. The minimum Gasteiger partial charge on any atom is -0.348 e. The zero-order chi connectivity index (χ0) is 14.4. The lowest BCUT2D eigenvalue weighted by molar-refractivity contribution is -0.121. The van der Waals surface area contributed by atoms with Gasteiger partial charge in [0.1, 0.15) is 0 Å². The third-order valence-electron chi connectivity index (χ3n) is 2.96. The van der Waals surface area contributed by atoms with Gasteiger partial charge in [0.25, 0.3) is 0 Å². The first-order valence-corrected chi connectivity index (χ1v) is 6.38. The number of aromatic nitrogens is 1. The highest BCUT2D eigenvalue weighted by Crippen LogP contribution is 2.09. The molecule has 2 rings (SSSR count). The third-order valence-corrected chi connectivity index (χ3v) is 2.96. The number of amides is 1. The molecule has 0 radical (unpaired) electrons. The van der Waals surface area contributed by atoms with E-state index >= 15 is 0 Å². The van der Waals surface area contributed by atoms with Gasteiger partial charge in [0.05, 0.1) is 29.8 Å². The summed E-state index contributed by atoms with van der Waals surface area (Å²) in [5.74, 6) is -0.0622. The van der Waals surface area contributed by atoms with Gasteiger partial charge in [-0.1, -0.05) is 18.2 Å². The zero-order valence-corrected chi connectivity index (χ0v) is 11.2. The number of nitrogens with zero attached hydrogens (tertiary/aromatic N) is 2. The number of nitrogens with one attached hydrogen (secondary N) is 1. The second-order valence-corrected chi connectivity index (χ2v) is 4.53. The zero-order valence-electron chi connectivity index (χ0n) is 11.2. The van der Waals surface area contributed by atoms with E-state index < -0.39 is 0 Å². The maximum Gasteiger partial charge on any atom is 0.224 e. The molecule has 0 saturated carbocycles. The Kier molecular flexibility index (Phi) is 4.46. The maximum absolute atomic E-state index is 11.9. The molecule has 4 heteroatoms. The van der Waals surface area contributed by atoms with Crippen LogP contribution in [0.5, 0.6) is 0 Å². The molecule has 0 bridgehead atoms. The van der Waals surface area contributed by atoms with Crippen LogP contribution in [0.25, 0.3) is 0 Å². The topological polar surface area (TPSA) is 65.8 Å². The number of carbonyl (C=O) groups is 1. The van der Waals surface area contributed by atoms with Gasteiger partial charge in [-0.3, -0.25) is 9.78 Å². The molecule has 1 heterocycles. The van der Waals surface area contributed by atoms with Crippen molar-refractivity contribution >= 4 is 5.91 Å². The number of rotatable bonds is 4. The lowest BCUT2D eigenvalue weighted by Gasteiger charge is -2.13. The molecule has 1 atom stereocenters. The predicted octanol–water partition coefficient (Wildman–Crippen LogP) is 2.37. The quantitative estimate of drug-likeness (QED) is 0.923. The predicted molar refractivity (Wildman–Crippen MR) is 75.7 cm³/mol. The monoisotopic (exact) mass is 265 g/mol. The van der Waals surface area contributed by atoms with E-state index in [1.807, 2.05) is 25.1 Å². The molecule has 1 N–H and O–H groups in total. The van der Waals surface area contributed by atoms with Gasteiger partial charge in [-0.2, -0.15) is 5.26 Å². The lowest BCUT2D eigenvalue weighted by Crippen LogP contribution is -2.28. The Morgan fingerprint density at radius 2 is 2.05 bits per heavy atom. The summed E-state index contributed by atoms with van der Waals surface area (Å²) < 4.78 is 0. The highest BCUT2D eigenvalue weighted by Gasteiger charge is 2.10. The first kappa shape index (κ1) is 13.8. The molecule has 20 heavy (non-hydrogen) atoms. The highest BCUT2D eigenvalue weighted by atomic mass is 16.1. The van der Waals surface area contributed by atoms with E-state index in [1.54, 1.807) is 30.5 Å². The molecule has 100 valence electrons. The second kappa shape index (κ2) is 6.48. The molecule has 4 nitrogen and oxygen atoms in total. The fraction of sp³-hybridized carbons (Fsp3) is 0.188. The van der Waals surface area contributed by atoms with Crippen molar-refractivity contribution in [2.24, 2.45) is 0 Å². The molecular weight excluding hydrogens is 250 g/mol. The Hall–Kier alpha value is -2.67.